The molecule has 188 valence electrons. The van der Waals surface area contributed by atoms with Crippen molar-refractivity contribution in [3.63, 3.8) is 0 Å². The second-order valence-electron chi connectivity index (χ2n) is 8.20. The maximum Gasteiger partial charge on any atom is 0.296 e. The van der Waals surface area contributed by atoms with Crippen molar-refractivity contribution in [2.45, 2.75) is 11.8 Å². The lowest BCUT2D eigenvalue weighted by atomic mass is 10.2. The van der Waals surface area contributed by atoms with Gasteiger partial charge in [-0.15, -0.1) is 0 Å². The summed E-state index contributed by atoms with van der Waals surface area (Å²) in [6.07, 6.45) is 1.56. The van der Waals surface area contributed by atoms with Gasteiger partial charge in [-0.25, -0.2) is 18.2 Å². The zero-order valence-electron chi connectivity index (χ0n) is 19.6. The number of thiocarbonyl (C=S) groups is 1. The van der Waals surface area contributed by atoms with E-state index in [2.05, 4.69) is 0 Å². The minimum absolute atomic E-state index is 0.00534. The average Bonchev–Trinajstić information content (AvgIpc) is 3.50. The van der Waals surface area contributed by atoms with Crippen LogP contribution < -0.4 is 15.6 Å². The van der Waals surface area contributed by atoms with E-state index in [4.69, 9.17) is 21.8 Å². The van der Waals surface area contributed by atoms with Gasteiger partial charge >= 0.3 is 0 Å². The lowest BCUT2D eigenvalue weighted by Gasteiger charge is -2.12. The molecule has 12 heteroatoms. The van der Waals surface area contributed by atoms with Gasteiger partial charge in [-0.05, 0) is 55.5 Å². The molecule has 3 heterocycles. The predicted octanol–water partition coefficient (Wildman–Crippen LogP) is 3.80. The zero-order valence-corrected chi connectivity index (χ0v) is 22.1. The number of benzene rings is 2. The van der Waals surface area contributed by atoms with Crippen LogP contribution in [0.1, 0.15) is 11.5 Å². The Morgan fingerprint density at radius 3 is 2.32 bits per heavy atom. The summed E-state index contributed by atoms with van der Waals surface area (Å²) >= 11 is 6.57. The van der Waals surface area contributed by atoms with E-state index in [1.165, 1.54) is 21.7 Å². The molecule has 1 fully saturated rings. The summed E-state index contributed by atoms with van der Waals surface area (Å²) in [5.41, 5.74) is 1.75. The first-order valence-electron chi connectivity index (χ1n) is 10.9. The van der Waals surface area contributed by atoms with Gasteiger partial charge in [-0.3, -0.25) is 19.2 Å². The van der Waals surface area contributed by atoms with Gasteiger partial charge in [0.05, 0.1) is 21.2 Å². The number of hydrogen-bond donors (Lipinski definition) is 1. The summed E-state index contributed by atoms with van der Waals surface area (Å²) in [7, 11) is -2.05. The molecule has 0 saturated carbocycles. The number of furan rings is 1. The second kappa shape index (κ2) is 9.30. The molecule has 1 aliphatic rings. The molecule has 5 rings (SSSR count). The van der Waals surface area contributed by atoms with Crippen molar-refractivity contribution < 1.29 is 17.6 Å². The van der Waals surface area contributed by atoms with E-state index in [0.29, 0.717) is 33.4 Å². The molecule has 0 spiro atoms. The number of primary sulfonamides is 1. The number of sulfonamides is 1. The van der Waals surface area contributed by atoms with E-state index >= 15 is 0 Å². The first kappa shape index (κ1) is 25.0. The predicted molar refractivity (Wildman–Crippen MR) is 147 cm³/mol. The minimum Gasteiger partial charge on any atom is -0.457 e. The van der Waals surface area contributed by atoms with Gasteiger partial charge in [0, 0.05) is 18.7 Å². The number of amides is 1. The lowest BCUT2D eigenvalue weighted by molar-refractivity contribution is -0.113. The van der Waals surface area contributed by atoms with Crippen LogP contribution in [0.15, 0.2) is 85.7 Å². The Balaban J connectivity index is 1.45. The van der Waals surface area contributed by atoms with E-state index in [-0.39, 0.29) is 20.5 Å². The summed E-state index contributed by atoms with van der Waals surface area (Å²) in [6.45, 7) is 1.76. The molecule has 9 nitrogen and oxygen atoms in total. The smallest absolute Gasteiger partial charge is 0.296 e. The third-order valence-corrected chi connectivity index (χ3v) is 8.14. The average molecular weight is 553 g/mol. The van der Waals surface area contributed by atoms with Crippen LogP contribution in [0.5, 0.6) is 0 Å². The van der Waals surface area contributed by atoms with Crippen LogP contribution in [0, 0.1) is 6.92 Å². The van der Waals surface area contributed by atoms with Crippen LogP contribution >= 0.6 is 24.0 Å². The van der Waals surface area contributed by atoms with Gasteiger partial charge in [-0.2, -0.15) is 0 Å². The topological polar surface area (TPSA) is 121 Å². The largest absolute Gasteiger partial charge is 0.457 e. The molecule has 4 aromatic rings. The Kier molecular flexibility index (Phi) is 6.28. The normalized spacial score (nSPS) is 15.2. The van der Waals surface area contributed by atoms with Crippen LogP contribution in [-0.4, -0.2) is 28.0 Å². The van der Waals surface area contributed by atoms with Gasteiger partial charge in [0.15, 0.2) is 4.32 Å². The van der Waals surface area contributed by atoms with Crippen LogP contribution in [0.2, 0.25) is 0 Å². The van der Waals surface area contributed by atoms with Gasteiger partial charge in [0.25, 0.3) is 11.5 Å². The summed E-state index contributed by atoms with van der Waals surface area (Å²) < 4.78 is 32.2. The summed E-state index contributed by atoms with van der Waals surface area (Å²) in [5.74, 6) is 0.460. The monoisotopic (exact) mass is 552 g/mol. The molecule has 2 aromatic heterocycles. The molecule has 1 aliphatic heterocycles. The Bertz CT molecular complexity index is 1750. The quantitative estimate of drug-likeness (QED) is 0.295. The van der Waals surface area contributed by atoms with E-state index in [1.807, 2.05) is 30.3 Å². The third-order valence-electron chi connectivity index (χ3n) is 5.91. The van der Waals surface area contributed by atoms with Crippen LogP contribution in [0.3, 0.4) is 0 Å². The van der Waals surface area contributed by atoms with Crippen molar-refractivity contribution in [1.29, 1.82) is 0 Å². The highest BCUT2D eigenvalue weighted by atomic mass is 32.2. The molecular weight excluding hydrogens is 532 g/mol. The van der Waals surface area contributed by atoms with Gasteiger partial charge in [-0.1, -0.05) is 42.2 Å². The Morgan fingerprint density at radius 2 is 1.68 bits per heavy atom. The first-order chi connectivity index (χ1) is 17.6. The van der Waals surface area contributed by atoms with Crippen molar-refractivity contribution in [2.24, 2.45) is 12.2 Å². The van der Waals surface area contributed by atoms with Crippen molar-refractivity contribution in [1.82, 2.24) is 9.36 Å². The van der Waals surface area contributed by atoms with E-state index in [0.717, 1.165) is 11.8 Å². The third kappa shape index (κ3) is 4.48. The highest BCUT2D eigenvalue weighted by Gasteiger charge is 2.38. The highest BCUT2D eigenvalue weighted by Crippen LogP contribution is 2.37. The van der Waals surface area contributed by atoms with Gasteiger partial charge in [0.2, 0.25) is 10.0 Å². The van der Waals surface area contributed by atoms with Crippen LogP contribution in [0.25, 0.3) is 23.1 Å². The number of carbonyl (C=O) groups excluding carboxylic acids is 1. The zero-order chi connectivity index (χ0) is 26.5. The first-order valence-corrected chi connectivity index (χ1v) is 13.7. The Labute approximate surface area is 221 Å². The highest BCUT2D eigenvalue weighted by molar-refractivity contribution is 8.27. The number of carbonyl (C=O) groups is 1. The molecule has 0 unspecified atom stereocenters. The number of hydrogen-bond acceptors (Lipinski definition) is 7. The van der Waals surface area contributed by atoms with Crippen molar-refractivity contribution in [2.75, 3.05) is 4.90 Å². The Morgan fingerprint density at radius 1 is 1.00 bits per heavy atom. The molecule has 0 atom stereocenters. The molecule has 1 saturated heterocycles. The van der Waals surface area contributed by atoms with Crippen LogP contribution in [0.4, 0.5) is 5.69 Å². The Hall–Kier alpha value is -3.71. The van der Waals surface area contributed by atoms with Crippen molar-refractivity contribution in [3.8, 4) is 17.0 Å². The van der Waals surface area contributed by atoms with Crippen LogP contribution in [-0.2, 0) is 21.9 Å². The van der Waals surface area contributed by atoms with Crippen molar-refractivity contribution in [3.05, 3.63) is 93.4 Å². The SMILES string of the molecule is Cc1c(N2C(=O)/C(=C\c3ccc(-c4ccc(S(N)(=O)=O)cc4)o3)SC2=S)c(=O)n(-c2ccccc2)n1C. The number of thioether (sulfide) groups is 1. The fourth-order valence-corrected chi connectivity index (χ4v) is 5.76. The molecule has 37 heavy (non-hydrogen) atoms. The maximum atomic E-state index is 13.4. The van der Waals surface area contributed by atoms with Gasteiger partial charge < -0.3 is 4.42 Å². The number of nitrogens with two attached hydrogens (primary N) is 1. The minimum atomic E-state index is -3.80. The number of rotatable bonds is 5. The van der Waals surface area contributed by atoms with E-state index in [9.17, 15) is 18.0 Å². The number of para-hydroxylation sites is 1. The number of aromatic nitrogens is 2. The molecule has 1 amide bonds. The molecule has 0 aliphatic carbocycles. The lowest BCUT2D eigenvalue weighted by Crippen LogP contribution is -2.33. The summed E-state index contributed by atoms with van der Waals surface area (Å²) in [5, 5.41) is 5.15. The molecule has 2 aromatic carbocycles. The summed E-state index contributed by atoms with van der Waals surface area (Å²) in [4.78, 5) is 28.3. The maximum absolute atomic E-state index is 13.4. The fraction of sp³-hybridized carbons (Fsp3) is 0.0800. The van der Waals surface area contributed by atoms with E-state index in [1.54, 1.807) is 49.0 Å². The second-order valence-corrected chi connectivity index (χ2v) is 11.4. The fourth-order valence-electron chi connectivity index (χ4n) is 4.00. The molecule has 0 radical (unpaired) electrons. The number of anilines is 1. The number of nitrogens with zero attached hydrogens (tertiary/aromatic N) is 3. The molecule has 0 bridgehead atoms. The molecule has 2 N–H and O–H groups in total. The van der Waals surface area contributed by atoms with Gasteiger partial charge in [0.1, 0.15) is 17.2 Å². The standard InChI is InChI=1S/C25H20N4O5S3/c1-15-22(24(31)29(27(15)2)17-6-4-3-5-7-17)28-23(30)21(36-25(28)35)14-18-10-13-20(34-18)16-8-11-19(12-9-16)37(26,32)33/h3-14H,1-2H3,(H2,26,32,33)/b21-14+. The van der Waals surface area contributed by atoms with E-state index < -0.39 is 15.9 Å². The summed E-state index contributed by atoms with van der Waals surface area (Å²) in [6, 6.07) is 18.5. The van der Waals surface area contributed by atoms with Crippen molar-refractivity contribution >= 4 is 56.0 Å². The molecular formula is C25H20N4O5S3.